The van der Waals surface area contributed by atoms with Crippen LogP contribution in [0.15, 0.2) is 42.2 Å². The largest absolute Gasteiger partial charge is 0.442 e. The predicted molar refractivity (Wildman–Crippen MR) is 62.4 cm³/mol. The topological polar surface area (TPSA) is 81.4 Å². The molecule has 2 aromatic heterocycles. The van der Waals surface area contributed by atoms with E-state index in [-0.39, 0.29) is 6.61 Å². The second-order valence-electron chi connectivity index (χ2n) is 3.62. The summed E-state index contributed by atoms with van der Waals surface area (Å²) in [6.45, 7) is 0.151. The van der Waals surface area contributed by atoms with Crippen LogP contribution in [0.5, 0.6) is 0 Å². The number of nitrogens with zero attached hydrogens (tertiary/aromatic N) is 4. The van der Waals surface area contributed by atoms with E-state index in [0.29, 0.717) is 5.71 Å². The molecular formula is C11H9N5O2. The van der Waals surface area contributed by atoms with Crippen molar-refractivity contribution in [2.75, 3.05) is 6.61 Å². The van der Waals surface area contributed by atoms with Gasteiger partial charge in [-0.05, 0) is 12.1 Å². The number of carbonyl (C=O) groups excluding carboxylic acids is 1. The van der Waals surface area contributed by atoms with Crippen LogP contribution < -0.4 is 5.43 Å². The Morgan fingerprint density at radius 2 is 2.33 bits per heavy atom. The standard InChI is InChI=1S/C11H9N5O2/c17-11-15-14-9(6-18-11)8-1-2-10(13-5-8)16-4-3-12-7-16/h1-5,7H,6H2,(H,15,17). The van der Waals surface area contributed by atoms with Crippen LogP contribution in [0.1, 0.15) is 5.56 Å². The van der Waals surface area contributed by atoms with Crippen LogP contribution in [0, 0.1) is 0 Å². The Kier molecular flexibility index (Phi) is 2.49. The molecule has 18 heavy (non-hydrogen) atoms. The zero-order valence-corrected chi connectivity index (χ0v) is 9.28. The van der Waals surface area contributed by atoms with Gasteiger partial charge in [0.25, 0.3) is 0 Å². The smallest absolute Gasteiger partial charge is 0.428 e. The Hall–Kier alpha value is -2.70. The van der Waals surface area contributed by atoms with Gasteiger partial charge in [-0.3, -0.25) is 4.57 Å². The van der Waals surface area contributed by atoms with E-state index >= 15 is 0 Å². The van der Waals surface area contributed by atoms with E-state index in [4.69, 9.17) is 4.74 Å². The van der Waals surface area contributed by atoms with Crippen LogP contribution in [-0.2, 0) is 4.74 Å². The molecule has 1 aliphatic rings. The molecule has 3 heterocycles. The molecule has 1 N–H and O–H groups in total. The zero-order chi connectivity index (χ0) is 12.4. The maximum absolute atomic E-state index is 10.8. The van der Waals surface area contributed by atoms with Gasteiger partial charge >= 0.3 is 6.09 Å². The quantitative estimate of drug-likeness (QED) is 0.842. The average molecular weight is 243 g/mol. The Bertz CT molecular complexity index is 588. The molecule has 7 nitrogen and oxygen atoms in total. The van der Waals surface area contributed by atoms with E-state index in [2.05, 4.69) is 20.5 Å². The van der Waals surface area contributed by atoms with Crippen molar-refractivity contribution in [3.63, 3.8) is 0 Å². The molecule has 3 rings (SSSR count). The minimum Gasteiger partial charge on any atom is -0.442 e. The van der Waals surface area contributed by atoms with Gasteiger partial charge < -0.3 is 4.74 Å². The van der Waals surface area contributed by atoms with Gasteiger partial charge in [-0.1, -0.05) is 0 Å². The summed E-state index contributed by atoms with van der Waals surface area (Å²) in [5.74, 6) is 0.762. The third-order valence-electron chi connectivity index (χ3n) is 2.47. The molecule has 0 unspecified atom stereocenters. The van der Waals surface area contributed by atoms with Crippen molar-refractivity contribution in [2.24, 2.45) is 5.10 Å². The first-order valence-corrected chi connectivity index (χ1v) is 5.27. The Balaban J connectivity index is 1.85. The molecule has 0 aliphatic carbocycles. The van der Waals surface area contributed by atoms with Gasteiger partial charge in [0.1, 0.15) is 24.5 Å². The summed E-state index contributed by atoms with van der Waals surface area (Å²) in [6.07, 6.45) is 6.30. The SMILES string of the molecule is O=C1NN=C(c2ccc(-n3ccnc3)nc2)CO1. The minimum atomic E-state index is -0.540. The number of hydrogen-bond acceptors (Lipinski definition) is 5. The number of carbonyl (C=O) groups is 1. The molecule has 0 saturated carbocycles. The summed E-state index contributed by atoms with van der Waals surface area (Å²) in [6, 6.07) is 3.71. The van der Waals surface area contributed by atoms with Crippen LogP contribution in [-0.4, -0.2) is 32.9 Å². The highest BCUT2D eigenvalue weighted by molar-refractivity contribution is 6.03. The van der Waals surface area contributed by atoms with Crippen molar-refractivity contribution < 1.29 is 9.53 Å². The van der Waals surface area contributed by atoms with Crippen molar-refractivity contribution in [3.05, 3.63) is 42.6 Å². The minimum absolute atomic E-state index is 0.151. The van der Waals surface area contributed by atoms with Crippen molar-refractivity contribution in [1.29, 1.82) is 0 Å². The van der Waals surface area contributed by atoms with Crippen LogP contribution in [0.25, 0.3) is 5.82 Å². The Labute approximate surface area is 102 Å². The summed E-state index contributed by atoms with van der Waals surface area (Å²) >= 11 is 0. The highest BCUT2D eigenvalue weighted by atomic mass is 16.6. The summed E-state index contributed by atoms with van der Waals surface area (Å²) in [5, 5.41) is 3.91. The molecule has 0 saturated heterocycles. The number of hydrogen-bond donors (Lipinski definition) is 1. The predicted octanol–water partition coefficient (Wildman–Crippen LogP) is 0.711. The number of aromatic nitrogens is 3. The average Bonchev–Trinajstić information content (AvgIpc) is 2.94. The summed E-state index contributed by atoms with van der Waals surface area (Å²) in [5.41, 5.74) is 3.70. The highest BCUT2D eigenvalue weighted by Gasteiger charge is 2.14. The molecule has 0 bridgehead atoms. The monoisotopic (exact) mass is 243 g/mol. The molecule has 2 aromatic rings. The first kappa shape index (κ1) is 10.5. The summed E-state index contributed by atoms with van der Waals surface area (Å²) in [7, 11) is 0. The second-order valence-corrected chi connectivity index (χ2v) is 3.62. The number of cyclic esters (lactones) is 1. The molecule has 1 amide bonds. The van der Waals surface area contributed by atoms with E-state index in [1.54, 1.807) is 23.3 Å². The number of rotatable bonds is 2. The van der Waals surface area contributed by atoms with Crippen LogP contribution >= 0.6 is 0 Å². The molecule has 0 atom stereocenters. The van der Waals surface area contributed by atoms with Crippen LogP contribution in [0.4, 0.5) is 4.79 Å². The Morgan fingerprint density at radius 3 is 2.94 bits per heavy atom. The van der Waals surface area contributed by atoms with E-state index in [9.17, 15) is 4.79 Å². The fraction of sp³-hybridized carbons (Fsp3) is 0.0909. The molecule has 1 aliphatic heterocycles. The van der Waals surface area contributed by atoms with E-state index in [1.165, 1.54) is 0 Å². The first-order valence-electron chi connectivity index (χ1n) is 5.27. The fourth-order valence-corrected chi connectivity index (χ4v) is 1.56. The lowest BCUT2D eigenvalue weighted by molar-refractivity contribution is 0.157. The third kappa shape index (κ3) is 1.93. The lowest BCUT2D eigenvalue weighted by Crippen LogP contribution is -2.30. The number of hydrazone groups is 1. The molecule has 0 aromatic carbocycles. The molecule has 7 heteroatoms. The van der Waals surface area contributed by atoms with Crippen molar-refractivity contribution in [2.45, 2.75) is 0 Å². The van der Waals surface area contributed by atoms with E-state index < -0.39 is 6.09 Å². The van der Waals surface area contributed by atoms with Gasteiger partial charge in [0.15, 0.2) is 0 Å². The van der Waals surface area contributed by atoms with Crippen molar-refractivity contribution in [1.82, 2.24) is 20.0 Å². The maximum atomic E-state index is 10.8. The lowest BCUT2D eigenvalue weighted by Gasteiger charge is -2.13. The first-order chi connectivity index (χ1) is 8.83. The second kappa shape index (κ2) is 4.28. The fourth-order valence-electron chi connectivity index (χ4n) is 1.56. The highest BCUT2D eigenvalue weighted by Crippen LogP contribution is 2.08. The van der Waals surface area contributed by atoms with Crippen LogP contribution in [0.2, 0.25) is 0 Å². The lowest BCUT2D eigenvalue weighted by atomic mass is 10.2. The van der Waals surface area contributed by atoms with Gasteiger partial charge in [-0.2, -0.15) is 5.10 Å². The number of nitrogens with one attached hydrogen (secondary N) is 1. The Morgan fingerprint density at radius 1 is 1.39 bits per heavy atom. The maximum Gasteiger partial charge on any atom is 0.428 e. The van der Waals surface area contributed by atoms with Gasteiger partial charge in [0.05, 0.1) is 0 Å². The molecule has 90 valence electrons. The third-order valence-corrected chi connectivity index (χ3v) is 2.47. The molecular weight excluding hydrogens is 234 g/mol. The van der Waals surface area contributed by atoms with Crippen molar-refractivity contribution in [3.8, 4) is 5.82 Å². The molecule has 0 radical (unpaired) electrons. The van der Waals surface area contributed by atoms with Crippen molar-refractivity contribution >= 4 is 11.8 Å². The zero-order valence-electron chi connectivity index (χ0n) is 9.28. The number of pyridine rings is 1. The molecule has 0 fully saturated rings. The van der Waals surface area contributed by atoms with Gasteiger partial charge in [0.2, 0.25) is 0 Å². The number of ether oxygens (including phenoxy) is 1. The van der Waals surface area contributed by atoms with E-state index in [0.717, 1.165) is 11.4 Å². The molecule has 0 spiro atoms. The van der Waals surface area contributed by atoms with Gasteiger partial charge in [0, 0.05) is 24.2 Å². The number of imidazole rings is 1. The normalized spacial score (nSPS) is 14.7. The summed E-state index contributed by atoms with van der Waals surface area (Å²) in [4.78, 5) is 19.0. The van der Waals surface area contributed by atoms with Gasteiger partial charge in [-0.25, -0.2) is 20.2 Å². The number of amides is 1. The summed E-state index contributed by atoms with van der Waals surface area (Å²) < 4.78 is 6.62. The van der Waals surface area contributed by atoms with Gasteiger partial charge in [-0.15, -0.1) is 0 Å². The van der Waals surface area contributed by atoms with E-state index in [1.807, 2.05) is 18.3 Å². The van der Waals surface area contributed by atoms with Crippen LogP contribution in [0.3, 0.4) is 0 Å².